The summed E-state index contributed by atoms with van der Waals surface area (Å²) in [4.78, 5) is 27.4. The molecule has 2 aromatic carbocycles. The number of nitrogens with zero attached hydrogens (tertiary/aromatic N) is 3. The van der Waals surface area contributed by atoms with Gasteiger partial charge in [-0.15, -0.1) is 0 Å². The van der Waals surface area contributed by atoms with Gasteiger partial charge in [-0.05, 0) is 17.7 Å². The number of thioether (sulfide) groups is 1. The molecule has 0 radical (unpaired) electrons. The lowest BCUT2D eigenvalue weighted by atomic mass is 10.1. The Kier molecular flexibility index (Phi) is 3.16. The van der Waals surface area contributed by atoms with Gasteiger partial charge in [-0.3, -0.25) is 19.5 Å². The van der Waals surface area contributed by atoms with Gasteiger partial charge in [0.05, 0.1) is 16.0 Å². The van der Waals surface area contributed by atoms with Crippen molar-refractivity contribution in [3.63, 3.8) is 0 Å². The van der Waals surface area contributed by atoms with Crippen LogP contribution in [0.25, 0.3) is 11.0 Å². The summed E-state index contributed by atoms with van der Waals surface area (Å²) in [6.07, 6.45) is 0.343. The van der Waals surface area contributed by atoms with Gasteiger partial charge in [0.25, 0.3) is 5.69 Å². The Bertz CT molecular complexity index is 933. The number of rotatable bonds is 2. The molecule has 0 amide bonds. The average Bonchev–Trinajstić information content (AvgIpc) is 2.93. The second-order valence-corrected chi connectivity index (χ2v) is 6.44. The number of carbonyl (C=O) groups is 1. The molecule has 1 atom stereocenters. The van der Waals surface area contributed by atoms with Crippen molar-refractivity contribution in [3.05, 3.63) is 64.2 Å². The quantitative estimate of drug-likeness (QED) is 0.528. The van der Waals surface area contributed by atoms with Crippen LogP contribution in [0, 0.1) is 10.1 Å². The van der Waals surface area contributed by atoms with E-state index in [1.54, 1.807) is 16.7 Å². The summed E-state index contributed by atoms with van der Waals surface area (Å²) in [5.74, 6) is -0.00389. The summed E-state index contributed by atoms with van der Waals surface area (Å²) >= 11 is 1.52. The normalized spacial score (nSPS) is 17.2. The zero-order valence-electron chi connectivity index (χ0n) is 11.9. The van der Waals surface area contributed by atoms with E-state index in [9.17, 15) is 14.9 Å². The first-order valence-corrected chi connectivity index (χ1v) is 7.93. The van der Waals surface area contributed by atoms with E-state index in [1.165, 1.54) is 23.9 Å². The number of imidazole rings is 1. The summed E-state index contributed by atoms with van der Waals surface area (Å²) in [6.45, 7) is 0. The van der Waals surface area contributed by atoms with Crippen LogP contribution >= 0.6 is 11.8 Å². The van der Waals surface area contributed by atoms with E-state index >= 15 is 0 Å². The predicted octanol–water partition coefficient (Wildman–Crippen LogP) is 3.82. The van der Waals surface area contributed by atoms with Crippen LogP contribution in [0.15, 0.2) is 53.7 Å². The molecule has 114 valence electrons. The zero-order chi connectivity index (χ0) is 16.0. The van der Waals surface area contributed by atoms with Crippen LogP contribution in [-0.4, -0.2) is 20.4 Å². The number of benzene rings is 2. The highest BCUT2D eigenvalue weighted by Crippen LogP contribution is 2.43. The predicted molar refractivity (Wildman–Crippen MR) is 86.7 cm³/mol. The maximum absolute atomic E-state index is 12.5. The van der Waals surface area contributed by atoms with Gasteiger partial charge in [-0.1, -0.05) is 36.0 Å². The van der Waals surface area contributed by atoms with Crippen LogP contribution in [0.5, 0.6) is 0 Å². The first-order chi connectivity index (χ1) is 11.1. The molecule has 23 heavy (non-hydrogen) atoms. The minimum absolute atomic E-state index is 0.00389. The first-order valence-electron chi connectivity index (χ1n) is 7.05. The second kappa shape index (κ2) is 5.20. The van der Waals surface area contributed by atoms with E-state index in [4.69, 9.17) is 0 Å². The first kappa shape index (κ1) is 14.0. The summed E-state index contributed by atoms with van der Waals surface area (Å²) in [7, 11) is 0. The molecule has 0 spiro atoms. The molecule has 3 aromatic rings. The van der Waals surface area contributed by atoms with Crippen LogP contribution in [0.3, 0.4) is 0 Å². The van der Waals surface area contributed by atoms with Gasteiger partial charge in [0.2, 0.25) is 5.91 Å². The average molecular weight is 325 g/mol. The maximum atomic E-state index is 12.5. The van der Waals surface area contributed by atoms with E-state index in [0.717, 1.165) is 16.6 Å². The molecule has 0 N–H and O–H groups in total. The number of hydrogen-bond acceptors (Lipinski definition) is 5. The van der Waals surface area contributed by atoms with Crippen molar-refractivity contribution in [2.45, 2.75) is 16.8 Å². The maximum Gasteiger partial charge on any atom is 0.269 e. The van der Waals surface area contributed by atoms with Crippen molar-refractivity contribution in [2.75, 3.05) is 0 Å². The van der Waals surface area contributed by atoms with Crippen LogP contribution in [-0.2, 0) is 0 Å². The number of fused-ring (bicyclic) bond motifs is 3. The molecule has 0 aliphatic carbocycles. The third-order valence-corrected chi connectivity index (χ3v) is 5.07. The van der Waals surface area contributed by atoms with Gasteiger partial charge < -0.3 is 0 Å². The van der Waals surface area contributed by atoms with Crippen molar-refractivity contribution < 1.29 is 9.72 Å². The largest absolute Gasteiger partial charge is 0.274 e. The van der Waals surface area contributed by atoms with Crippen LogP contribution in [0.4, 0.5) is 5.69 Å². The smallest absolute Gasteiger partial charge is 0.269 e. The Balaban J connectivity index is 1.71. The number of non-ortho nitro benzene ring substituents is 1. The molecule has 0 bridgehead atoms. The van der Waals surface area contributed by atoms with Crippen molar-refractivity contribution >= 4 is 34.4 Å². The summed E-state index contributed by atoms with van der Waals surface area (Å²) < 4.78 is 1.65. The number of carbonyl (C=O) groups excluding carboxylic acids is 1. The van der Waals surface area contributed by atoms with Gasteiger partial charge in [0, 0.05) is 23.8 Å². The number of nitro benzene ring substituents is 1. The minimum atomic E-state index is -0.428. The van der Waals surface area contributed by atoms with Crippen LogP contribution in [0.1, 0.15) is 22.0 Å². The summed E-state index contributed by atoms with van der Waals surface area (Å²) in [5.41, 5.74) is 2.57. The Morgan fingerprint density at radius 2 is 1.91 bits per heavy atom. The summed E-state index contributed by atoms with van der Waals surface area (Å²) in [5, 5.41) is 11.3. The van der Waals surface area contributed by atoms with Gasteiger partial charge in [-0.2, -0.15) is 0 Å². The Labute approximate surface area is 135 Å². The van der Waals surface area contributed by atoms with E-state index in [1.807, 2.05) is 24.3 Å². The van der Waals surface area contributed by atoms with Gasteiger partial charge in [0.15, 0.2) is 5.16 Å². The third-order valence-electron chi connectivity index (χ3n) is 3.86. The number of para-hydroxylation sites is 2. The SMILES string of the molecule is O=C1CC(c2ccc([N+](=O)[O-])cc2)Sc2nc3ccccc3n21. The Morgan fingerprint density at radius 1 is 1.17 bits per heavy atom. The molecular formula is C16H11N3O3S. The van der Waals surface area contributed by atoms with Crippen molar-refractivity contribution in [1.29, 1.82) is 0 Å². The fourth-order valence-electron chi connectivity index (χ4n) is 2.74. The fraction of sp³-hybridized carbons (Fsp3) is 0.125. The topological polar surface area (TPSA) is 78.0 Å². The summed E-state index contributed by atoms with van der Waals surface area (Å²) in [6, 6.07) is 13.9. The van der Waals surface area contributed by atoms with Crippen LogP contribution < -0.4 is 0 Å². The monoisotopic (exact) mass is 325 g/mol. The second-order valence-electron chi connectivity index (χ2n) is 5.27. The Morgan fingerprint density at radius 3 is 2.65 bits per heavy atom. The molecule has 1 aromatic heterocycles. The van der Waals surface area contributed by atoms with Gasteiger partial charge in [0.1, 0.15) is 0 Å². The molecule has 1 aliphatic heterocycles. The minimum Gasteiger partial charge on any atom is -0.274 e. The Hall–Kier alpha value is -2.67. The van der Waals surface area contributed by atoms with E-state index in [0.29, 0.717) is 11.6 Å². The lowest BCUT2D eigenvalue weighted by Crippen LogP contribution is -2.19. The molecule has 2 heterocycles. The molecular weight excluding hydrogens is 314 g/mol. The molecule has 0 fully saturated rings. The van der Waals surface area contributed by atoms with E-state index in [2.05, 4.69) is 4.98 Å². The van der Waals surface area contributed by atoms with E-state index in [-0.39, 0.29) is 16.8 Å². The van der Waals surface area contributed by atoms with Crippen molar-refractivity contribution in [1.82, 2.24) is 9.55 Å². The van der Waals surface area contributed by atoms with Crippen molar-refractivity contribution in [2.24, 2.45) is 0 Å². The molecule has 1 unspecified atom stereocenters. The third kappa shape index (κ3) is 2.29. The highest BCUT2D eigenvalue weighted by Gasteiger charge is 2.29. The number of nitro groups is 1. The van der Waals surface area contributed by atoms with E-state index < -0.39 is 4.92 Å². The van der Waals surface area contributed by atoms with Crippen molar-refractivity contribution in [3.8, 4) is 0 Å². The number of hydrogen-bond donors (Lipinski definition) is 0. The van der Waals surface area contributed by atoms with Gasteiger partial charge >= 0.3 is 0 Å². The standard InChI is InChI=1S/C16H11N3O3S/c20-15-9-14(10-5-7-11(8-6-10)19(21)22)23-16-17-12-3-1-2-4-13(12)18(15)16/h1-8,14H,9H2. The molecule has 0 saturated carbocycles. The fourth-order valence-corrected chi connectivity index (χ4v) is 3.97. The number of aromatic nitrogens is 2. The lowest BCUT2D eigenvalue weighted by Gasteiger charge is -2.21. The highest BCUT2D eigenvalue weighted by atomic mass is 32.2. The van der Waals surface area contributed by atoms with Crippen LogP contribution in [0.2, 0.25) is 0 Å². The molecule has 4 rings (SSSR count). The molecule has 1 aliphatic rings. The highest BCUT2D eigenvalue weighted by molar-refractivity contribution is 7.99. The lowest BCUT2D eigenvalue weighted by molar-refractivity contribution is -0.384. The molecule has 0 saturated heterocycles. The zero-order valence-corrected chi connectivity index (χ0v) is 12.7. The molecule has 6 nitrogen and oxygen atoms in total. The molecule has 7 heteroatoms. The van der Waals surface area contributed by atoms with Gasteiger partial charge in [-0.25, -0.2) is 4.98 Å².